The number of ether oxygens (including phenoxy) is 1. The molecule has 0 radical (unpaired) electrons. The van der Waals surface area contributed by atoms with E-state index in [2.05, 4.69) is 21.6 Å². The number of benzene rings is 1. The fourth-order valence-corrected chi connectivity index (χ4v) is 4.23. The second-order valence-corrected chi connectivity index (χ2v) is 7.72. The summed E-state index contributed by atoms with van der Waals surface area (Å²) in [5.41, 5.74) is 2.26. The van der Waals surface area contributed by atoms with Gasteiger partial charge in [0.1, 0.15) is 0 Å². The Kier molecular flexibility index (Phi) is 4.72. The van der Waals surface area contributed by atoms with Crippen LogP contribution in [0.3, 0.4) is 0 Å². The second kappa shape index (κ2) is 7.13. The molecular weight excluding hydrogens is 338 g/mol. The molecule has 7 nitrogen and oxygen atoms in total. The molecule has 0 N–H and O–H groups in total. The second-order valence-electron chi connectivity index (χ2n) is 6.41. The van der Waals surface area contributed by atoms with Crippen molar-refractivity contribution in [2.45, 2.75) is 49.2 Å². The van der Waals surface area contributed by atoms with Gasteiger partial charge in [0.2, 0.25) is 11.1 Å². The van der Waals surface area contributed by atoms with Gasteiger partial charge in [0, 0.05) is 18.8 Å². The van der Waals surface area contributed by atoms with Crippen molar-refractivity contribution in [1.29, 1.82) is 0 Å². The number of fused-ring (bicyclic) bond motifs is 1. The van der Waals surface area contributed by atoms with Crippen LogP contribution in [0.5, 0.6) is 0 Å². The summed E-state index contributed by atoms with van der Waals surface area (Å²) in [5, 5.41) is 12.3. The van der Waals surface area contributed by atoms with Crippen molar-refractivity contribution < 1.29 is 9.53 Å². The Bertz CT molecular complexity index is 759. The van der Waals surface area contributed by atoms with Gasteiger partial charge in [-0.1, -0.05) is 30.0 Å². The highest BCUT2D eigenvalue weighted by molar-refractivity contribution is 8.00. The zero-order valence-corrected chi connectivity index (χ0v) is 15.0. The lowest BCUT2D eigenvalue weighted by Gasteiger charge is -2.21. The van der Waals surface area contributed by atoms with E-state index in [-0.39, 0.29) is 17.3 Å². The molecule has 1 aromatic heterocycles. The monoisotopic (exact) mass is 359 g/mol. The third kappa shape index (κ3) is 3.41. The van der Waals surface area contributed by atoms with Gasteiger partial charge < -0.3 is 9.64 Å². The van der Waals surface area contributed by atoms with Gasteiger partial charge in [-0.25, -0.2) is 4.68 Å². The van der Waals surface area contributed by atoms with Gasteiger partial charge in [0.25, 0.3) is 0 Å². The van der Waals surface area contributed by atoms with E-state index in [0.29, 0.717) is 11.7 Å². The molecule has 1 fully saturated rings. The van der Waals surface area contributed by atoms with Crippen molar-refractivity contribution in [3.63, 3.8) is 0 Å². The Balaban J connectivity index is 1.43. The van der Waals surface area contributed by atoms with Gasteiger partial charge in [-0.05, 0) is 48.2 Å². The highest BCUT2D eigenvalue weighted by Crippen LogP contribution is 2.31. The molecule has 2 unspecified atom stereocenters. The van der Waals surface area contributed by atoms with E-state index < -0.39 is 0 Å². The number of anilines is 1. The van der Waals surface area contributed by atoms with E-state index in [4.69, 9.17) is 4.74 Å². The zero-order chi connectivity index (χ0) is 17.2. The third-order valence-electron chi connectivity index (χ3n) is 4.68. The molecule has 2 aliphatic heterocycles. The first-order chi connectivity index (χ1) is 12.2. The Labute approximate surface area is 150 Å². The van der Waals surface area contributed by atoms with E-state index >= 15 is 0 Å². The van der Waals surface area contributed by atoms with Gasteiger partial charge in [-0.3, -0.25) is 4.79 Å². The molecule has 2 aliphatic rings. The van der Waals surface area contributed by atoms with Crippen LogP contribution in [0.15, 0.2) is 29.4 Å². The molecule has 132 valence electrons. The molecule has 4 rings (SSSR count). The van der Waals surface area contributed by atoms with Crippen molar-refractivity contribution in [2.75, 3.05) is 18.1 Å². The first-order valence-corrected chi connectivity index (χ1v) is 9.54. The predicted octanol–water partition coefficient (Wildman–Crippen LogP) is 1.92. The summed E-state index contributed by atoms with van der Waals surface area (Å²) in [7, 11) is 0. The Morgan fingerprint density at radius 3 is 3.16 bits per heavy atom. The first-order valence-electron chi connectivity index (χ1n) is 8.66. The maximum atomic E-state index is 12.9. The summed E-state index contributed by atoms with van der Waals surface area (Å²) < 4.78 is 7.41. The number of thioether (sulfide) groups is 1. The molecule has 0 spiro atoms. The van der Waals surface area contributed by atoms with E-state index in [1.54, 1.807) is 4.68 Å². The van der Waals surface area contributed by atoms with E-state index in [0.717, 1.165) is 38.1 Å². The number of tetrazole rings is 1. The molecule has 8 heteroatoms. The van der Waals surface area contributed by atoms with Crippen LogP contribution in [0.2, 0.25) is 0 Å². The van der Waals surface area contributed by atoms with Crippen LogP contribution in [-0.2, 0) is 22.5 Å². The number of aromatic nitrogens is 4. The largest absolute Gasteiger partial charge is 0.376 e. The number of para-hydroxylation sites is 1. The maximum absolute atomic E-state index is 12.9. The fourth-order valence-electron chi connectivity index (χ4n) is 3.37. The summed E-state index contributed by atoms with van der Waals surface area (Å²) in [5.74, 6) is 0.0987. The topological polar surface area (TPSA) is 73.1 Å². The third-order valence-corrected chi connectivity index (χ3v) is 5.74. The van der Waals surface area contributed by atoms with Crippen LogP contribution in [0.1, 0.15) is 25.3 Å². The average Bonchev–Trinajstić information content (AvgIpc) is 3.36. The number of nitrogens with zero attached hydrogens (tertiary/aromatic N) is 5. The molecule has 1 aromatic carbocycles. The van der Waals surface area contributed by atoms with Gasteiger partial charge in [0.15, 0.2) is 0 Å². The summed E-state index contributed by atoms with van der Waals surface area (Å²) in [6, 6.07) is 8.09. The van der Waals surface area contributed by atoms with Crippen LogP contribution in [0.25, 0.3) is 0 Å². The number of rotatable bonds is 5. The van der Waals surface area contributed by atoms with Crippen molar-refractivity contribution in [3.8, 4) is 0 Å². The molecule has 0 saturated carbocycles. The van der Waals surface area contributed by atoms with Gasteiger partial charge >= 0.3 is 0 Å². The molecule has 0 bridgehead atoms. The smallest absolute Gasteiger partial charge is 0.240 e. The van der Waals surface area contributed by atoms with Gasteiger partial charge in [-0.15, -0.1) is 5.10 Å². The highest BCUT2D eigenvalue weighted by Gasteiger charge is 2.29. The highest BCUT2D eigenvalue weighted by atomic mass is 32.2. The number of hydrogen-bond donors (Lipinski definition) is 0. The summed E-state index contributed by atoms with van der Waals surface area (Å²) >= 11 is 1.41. The quantitative estimate of drug-likeness (QED) is 0.760. The molecule has 3 heterocycles. The Hall–Kier alpha value is -1.93. The van der Waals surface area contributed by atoms with Crippen LogP contribution in [0.4, 0.5) is 5.69 Å². The minimum Gasteiger partial charge on any atom is -0.376 e. The van der Waals surface area contributed by atoms with E-state index in [9.17, 15) is 4.79 Å². The standard InChI is InChI=1S/C17H21N5O2S/c1-12(16(23)21-9-8-13-5-2-3-7-15(13)21)25-17-18-19-20-22(17)11-14-6-4-10-24-14/h2-3,5,7,12,14H,4,6,8-11H2,1H3. The molecule has 1 saturated heterocycles. The van der Waals surface area contributed by atoms with Crippen molar-refractivity contribution in [3.05, 3.63) is 29.8 Å². The predicted molar refractivity (Wildman–Crippen MR) is 94.6 cm³/mol. The van der Waals surface area contributed by atoms with E-state index in [1.165, 1.54) is 17.3 Å². The molecule has 2 aromatic rings. The molecule has 25 heavy (non-hydrogen) atoms. The number of carbonyl (C=O) groups is 1. The summed E-state index contributed by atoms with van der Waals surface area (Å²) in [6.45, 7) is 4.10. The van der Waals surface area contributed by atoms with Gasteiger partial charge in [0.05, 0.1) is 17.9 Å². The molecule has 0 aliphatic carbocycles. The fraction of sp³-hybridized carbons (Fsp3) is 0.529. The SMILES string of the molecule is CC(Sc1nnnn1CC1CCCO1)C(=O)N1CCc2ccccc21. The lowest BCUT2D eigenvalue weighted by atomic mass is 10.2. The molecular formula is C17H21N5O2S. The lowest BCUT2D eigenvalue weighted by molar-refractivity contribution is -0.117. The lowest BCUT2D eigenvalue weighted by Crippen LogP contribution is -2.35. The maximum Gasteiger partial charge on any atom is 0.240 e. The van der Waals surface area contributed by atoms with Crippen LogP contribution in [0, 0.1) is 0 Å². The number of amides is 1. The zero-order valence-electron chi connectivity index (χ0n) is 14.2. The average molecular weight is 359 g/mol. The van der Waals surface area contributed by atoms with Crippen molar-refractivity contribution >= 4 is 23.4 Å². The van der Waals surface area contributed by atoms with Crippen molar-refractivity contribution in [1.82, 2.24) is 20.2 Å². The molecule has 2 atom stereocenters. The Morgan fingerprint density at radius 1 is 1.44 bits per heavy atom. The number of carbonyl (C=O) groups excluding carboxylic acids is 1. The van der Waals surface area contributed by atoms with Crippen LogP contribution < -0.4 is 4.90 Å². The molecule has 1 amide bonds. The summed E-state index contributed by atoms with van der Waals surface area (Å²) in [4.78, 5) is 14.8. The normalized spacial score (nSPS) is 20.7. The first kappa shape index (κ1) is 16.5. The minimum atomic E-state index is -0.250. The minimum absolute atomic E-state index is 0.0987. The Morgan fingerprint density at radius 2 is 2.32 bits per heavy atom. The van der Waals surface area contributed by atoms with Crippen LogP contribution >= 0.6 is 11.8 Å². The summed E-state index contributed by atoms with van der Waals surface area (Å²) in [6.07, 6.45) is 3.19. The number of hydrogen-bond acceptors (Lipinski definition) is 6. The van der Waals surface area contributed by atoms with Crippen molar-refractivity contribution in [2.24, 2.45) is 0 Å². The van der Waals surface area contributed by atoms with E-state index in [1.807, 2.05) is 30.0 Å². The van der Waals surface area contributed by atoms with Crippen LogP contribution in [-0.4, -0.2) is 50.6 Å². The van der Waals surface area contributed by atoms with Gasteiger partial charge in [-0.2, -0.15) is 0 Å².